The average Bonchev–Trinajstić information content (AvgIpc) is 2.58. The van der Waals surface area contributed by atoms with Crippen LogP contribution in [-0.2, 0) is 26.1 Å². The molecule has 1 N–H and O–H groups in total. The van der Waals surface area contributed by atoms with Crippen molar-refractivity contribution in [2.45, 2.75) is 17.6 Å². The van der Waals surface area contributed by atoms with E-state index in [1.807, 2.05) is 0 Å². The lowest BCUT2D eigenvalue weighted by molar-refractivity contribution is -0.144. The van der Waals surface area contributed by atoms with Crippen molar-refractivity contribution in [1.82, 2.24) is 4.31 Å². The van der Waals surface area contributed by atoms with Crippen LogP contribution in [0.5, 0.6) is 0 Å². The van der Waals surface area contributed by atoms with Gasteiger partial charge < -0.3 is 10.1 Å². The highest BCUT2D eigenvalue weighted by atomic mass is 32.2. The Hall–Kier alpha value is -2.45. The summed E-state index contributed by atoms with van der Waals surface area (Å²) in [4.78, 5) is 12.1. The molecule has 1 atom stereocenters. The molecule has 0 fully saturated rings. The molecule has 0 bridgehead atoms. The van der Waals surface area contributed by atoms with E-state index in [1.54, 1.807) is 18.2 Å². The molecule has 0 spiro atoms. The van der Waals surface area contributed by atoms with E-state index < -0.39 is 28.0 Å². The summed E-state index contributed by atoms with van der Waals surface area (Å²) in [7, 11) is -2.73. The maximum absolute atomic E-state index is 13.1. The lowest BCUT2D eigenvalue weighted by Crippen LogP contribution is -2.52. The van der Waals surface area contributed by atoms with E-state index in [2.05, 4.69) is 5.32 Å². The molecular weight excluding hydrogens is 335 g/mol. The molecule has 6 nitrogen and oxygen atoms in total. The van der Waals surface area contributed by atoms with Gasteiger partial charge in [0.25, 0.3) is 0 Å². The summed E-state index contributed by atoms with van der Waals surface area (Å²) < 4.78 is 44.6. The van der Waals surface area contributed by atoms with Crippen LogP contribution in [0.15, 0.2) is 53.4 Å². The lowest BCUT2D eigenvalue weighted by atomic mass is 10.2. The van der Waals surface area contributed by atoms with Crippen molar-refractivity contribution in [3.05, 3.63) is 59.9 Å². The number of nitrogens with zero attached hydrogens (tertiary/aromatic N) is 1. The fraction of sp³-hybridized carbons (Fsp3) is 0.188. The summed E-state index contributed by atoms with van der Waals surface area (Å²) in [5.74, 6) is -1.15. The number of rotatable bonds is 3. The van der Waals surface area contributed by atoms with Crippen LogP contribution < -0.4 is 5.32 Å². The Balaban J connectivity index is 2.05. The Bertz CT molecular complexity index is 868. The van der Waals surface area contributed by atoms with Gasteiger partial charge in [0.05, 0.1) is 12.8 Å². The van der Waals surface area contributed by atoms with E-state index in [-0.39, 0.29) is 11.4 Å². The molecule has 0 aromatic heterocycles. The van der Waals surface area contributed by atoms with E-state index in [4.69, 9.17) is 4.74 Å². The molecule has 0 amide bonds. The first kappa shape index (κ1) is 16.4. The number of hydrogen-bond acceptors (Lipinski definition) is 5. The number of fused-ring (bicyclic) bond motifs is 1. The van der Waals surface area contributed by atoms with Crippen molar-refractivity contribution in [2.24, 2.45) is 0 Å². The first-order valence-corrected chi connectivity index (χ1v) is 8.57. The number of nitrogens with one attached hydrogen (secondary N) is 1. The SMILES string of the molecule is COC(=O)C1Nc2ccccc2S(=O)(=O)N1Cc1ccc(F)cc1. The highest BCUT2D eigenvalue weighted by molar-refractivity contribution is 7.89. The number of para-hydroxylation sites is 1. The molecule has 8 heteroatoms. The Kier molecular flexibility index (Phi) is 4.25. The van der Waals surface area contributed by atoms with E-state index in [0.29, 0.717) is 11.3 Å². The van der Waals surface area contributed by atoms with E-state index in [1.165, 1.54) is 37.4 Å². The predicted molar refractivity (Wildman–Crippen MR) is 85.0 cm³/mol. The molecule has 24 heavy (non-hydrogen) atoms. The number of benzene rings is 2. The second-order valence-electron chi connectivity index (χ2n) is 5.24. The number of carbonyl (C=O) groups is 1. The minimum Gasteiger partial charge on any atom is -0.466 e. The van der Waals surface area contributed by atoms with Gasteiger partial charge in [0.15, 0.2) is 6.17 Å². The lowest BCUT2D eigenvalue weighted by Gasteiger charge is -2.35. The topological polar surface area (TPSA) is 75.7 Å². The minimum atomic E-state index is -3.92. The number of carbonyl (C=O) groups excluding carboxylic acids is 1. The van der Waals surface area contributed by atoms with Crippen molar-refractivity contribution >= 4 is 21.7 Å². The monoisotopic (exact) mass is 350 g/mol. The van der Waals surface area contributed by atoms with Crippen molar-refractivity contribution in [3.63, 3.8) is 0 Å². The van der Waals surface area contributed by atoms with Crippen LogP contribution in [0.25, 0.3) is 0 Å². The standard InChI is InChI=1S/C16H15FN2O4S/c1-23-16(20)15-18-13-4-2-3-5-14(13)24(21,22)19(15)10-11-6-8-12(17)9-7-11/h2-9,15,18H,10H2,1H3. The zero-order valence-electron chi connectivity index (χ0n) is 12.8. The van der Waals surface area contributed by atoms with Gasteiger partial charge in [-0.25, -0.2) is 17.6 Å². The maximum Gasteiger partial charge on any atom is 0.344 e. The smallest absolute Gasteiger partial charge is 0.344 e. The van der Waals surface area contributed by atoms with Gasteiger partial charge in [0, 0.05) is 6.54 Å². The summed E-state index contributed by atoms with van der Waals surface area (Å²) in [5, 5.41) is 2.88. The molecule has 0 saturated heterocycles. The third-order valence-electron chi connectivity index (χ3n) is 3.73. The predicted octanol–water partition coefficient (Wildman–Crippen LogP) is 1.94. The molecule has 3 rings (SSSR count). The summed E-state index contributed by atoms with van der Waals surface area (Å²) in [6, 6.07) is 11.7. The maximum atomic E-state index is 13.1. The molecule has 1 unspecified atom stereocenters. The van der Waals surface area contributed by atoms with Gasteiger partial charge in [0.2, 0.25) is 10.0 Å². The number of anilines is 1. The number of ether oxygens (including phenoxy) is 1. The van der Waals surface area contributed by atoms with E-state index in [9.17, 15) is 17.6 Å². The van der Waals surface area contributed by atoms with Gasteiger partial charge in [-0.2, -0.15) is 4.31 Å². The minimum absolute atomic E-state index is 0.0762. The van der Waals surface area contributed by atoms with E-state index >= 15 is 0 Å². The van der Waals surface area contributed by atoms with Crippen molar-refractivity contribution < 1.29 is 22.3 Å². The van der Waals surface area contributed by atoms with Crippen LogP contribution in [0.3, 0.4) is 0 Å². The van der Waals surface area contributed by atoms with Crippen LogP contribution in [-0.4, -0.2) is 32.0 Å². The van der Waals surface area contributed by atoms with Gasteiger partial charge in [-0.15, -0.1) is 0 Å². The average molecular weight is 350 g/mol. The van der Waals surface area contributed by atoms with Gasteiger partial charge in [-0.1, -0.05) is 24.3 Å². The molecule has 1 aliphatic rings. The van der Waals surface area contributed by atoms with Gasteiger partial charge >= 0.3 is 5.97 Å². The number of esters is 1. The Morgan fingerprint density at radius 1 is 1.21 bits per heavy atom. The number of sulfonamides is 1. The first-order valence-electron chi connectivity index (χ1n) is 7.13. The number of hydrogen-bond donors (Lipinski definition) is 1. The van der Waals surface area contributed by atoms with Crippen molar-refractivity contribution in [2.75, 3.05) is 12.4 Å². The molecule has 0 aliphatic carbocycles. The largest absolute Gasteiger partial charge is 0.466 e. The van der Waals surface area contributed by atoms with Crippen LogP contribution >= 0.6 is 0 Å². The van der Waals surface area contributed by atoms with Crippen LogP contribution in [0.4, 0.5) is 10.1 Å². The Labute approximate surface area is 138 Å². The number of halogens is 1. The van der Waals surface area contributed by atoms with Crippen LogP contribution in [0.2, 0.25) is 0 Å². The summed E-state index contributed by atoms with van der Waals surface area (Å²) in [6.07, 6.45) is -1.19. The molecule has 1 aliphatic heterocycles. The second-order valence-corrected chi connectivity index (χ2v) is 7.10. The molecule has 1 heterocycles. The van der Waals surface area contributed by atoms with Crippen molar-refractivity contribution in [3.8, 4) is 0 Å². The Morgan fingerprint density at radius 2 is 1.88 bits per heavy atom. The second kappa shape index (κ2) is 6.21. The Morgan fingerprint density at radius 3 is 2.54 bits per heavy atom. The molecule has 126 valence electrons. The fourth-order valence-corrected chi connectivity index (χ4v) is 4.17. The zero-order chi connectivity index (χ0) is 17.3. The van der Waals surface area contributed by atoms with Crippen molar-refractivity contribution in [1.29, 1.82) is 0 Å². The zero-order valence-corrected chi connectivity index (χ0v) is 13.6. The highest BCUT2D eigenvalue weighted by Gasteiger charge is 2.42. The van der Waals surface area contributed by atoms with E-state index in [0.717, 1.165) is 4.31 Å². The third-order valence-corrected chi connectivity index (χ3v) is 5.60. The summed E-state index contributed by atoms with van der Waals surface area (Å²) in [6.45, 7) is -0.0935. The molecule has 2 aromatic carbocycles. The van der Waals surface area contributed by atoms with Crippen LogP contribution in [0, 0.1) is 5.82 Å². The fourth-order valence-electron chi connectivity index (χ4n) is 2.53. The number of methoxy groups -OCH3 is 1. The summed E-state index contributed by atoms with van der Waals surface area (Å²) >= 11 is 0. The van der Waals surface area contributed by atoms with Gasteiger partial charge in [0.1, 0.15) is 10.7 Å². The highest BCUT2D eigenvalue weighted by Crippen LogP contribution is 2.33. The molecule has 2 aromatic rings. The third kappa shape index (κ3) is 2.85. The molecular formula is C16H15FN2O4S. The quantitative estimate of drug-likeness (QED) is 0.856. The molecule has 0 saturated carbocycles. The van der Waals surface area contributed by atoms with Gasteiger partial charge in [-0.3, -0.25) is 0 Å². The summed E-state index contributed by atoms with van der Waals surface area (Å²) in [5.41, 5.74) is 0.887. The van der Waals surface area contributed by atoms with Gasteiger partial charge in [-0.05, 0) is 29.8 Å². The first-order chi connectivity index (χ1) is 11.4. The van der Waals surface area contributed by atoms with Crippen LogP contribution in [0.1, 0.15) is 5.56 Å². The normalized spacial score (nSPS) is 19.2. The molecule has 0 radical (unpaired) electrons.